The number of nitrogens with one attached hydrogen (secondary N) is 1. The van der Waals surface area contributed by atoms with Crippen LogP contribution in [0.5, 0.6) is 0 Å². The van der Waals surface area contributed by atoms with E-state index in [-0.39, 0.29) is 0 Å². The molecule has 1 nitrogen and oxygen atoms in total. The summed E-state index contributed by atoms with van der Waals surface area (Å²) < 4.78 is 0. The van der Waals surface area contributed by atoms with Crippen molar-refractivity contribution in [3.05, 3.63) is 0 Å². The van der Waals surface area contributed by atoms with E-state index in [9.17, 15) is 0 Å². The van der Waals surface area contributed by atoms with Gasteiger partial charge in [-0.25, -0.2) is 0 Å². The highest BCUT2D eigenvalue weighted by atomic mass is 15.0. The molecule has 0 aliphatic heterocycles. The van der Waals surface area contributed by atoms with Crippen LogP contribution in [-0.4, -0.2) is 12.1 Å². The summed E-state index contributed by atoms with van der Waals surface area (Å²) >= 11 is 0. The first-order chi connectivity index (χ1) is 6.46. The largest absolute Gasteiger partial charge is 0.311 e. The van der Waals surface area contributed by atoms with Crippen LogP contribution in [-0.2, 0) is 0 Å². The fourth-order valence-electron chi connectivity index (χ4n) is 3.33. The zero-order valence-corrected chi connectivity index (χ0v) is 10.1. The first-order valence-electron chi connectivity index (χ1n) is 6.22. The summed E-state index contributed by atoms with van der Waals surface area (Å²) in [6.07, 6.45) is 5.59. The molecule has 14 heavy (non-hydrogen) atoms. The van der Waals surface area contributed by atoms with E-state index >= 15 is 0 Å². The standard InChI is InChI=1S/C13H25N/c1-9-5-11(8-13(3,4)7-9)14-12-6-10(12)2/h9-12,14H,5-8H2,1-4H3. The van der Waals surface area contributed by atoms with Crippen molar-refractivity contribution in [2.24, 2.45) is 17.3 Å². The van der Waals surface area contributed by atoms with E-state index in [0.717, 1.165) is 23.9 Å². The summed E-state index contributed by atoms with van der Waals surface area (Å²) in [5.41, 5.74) is 0.563. The molecule has 0 amide bonds. The van der Waals surface area contributed by atoms with Gasteiger partial charge >= 0.3 is 0 Å². The van der Waals surface area contributed by atoms with E-state index < -0.39 is 0 Å². The maximum atomic E-state index is 3.83. The molecule has 1 N–H and O–H groups in total. The Morgan fingerprint density at radius 2 is 1.71 bits per heavy atom. The second kappa shape index (κ2) is 3.52. The second-order valence-corrected chi connectivity index (χ2v) is 6.60. The molecule has 0 aromatic carbocycles. The summed E-state index contributed by atoms with van der Waals surface area (Å²) in [4.78, 5) is 0. The number of hydrogen-bond donors (Lipinski definition) is 1. The monoisotopic (exact) mass is 195 g/mol. The molecular weight excluding hydrogens is 170 g/mol. The van der Waals surface area contributed by atoms with Gasteiger partial charge in [0.2, 0.25) is 0 Å². The maximum absolute atomic E-state index is 3.83. The lowest BCUT2D eigenvalue weighted by molar-refractivity contribution is 0.150. The van der Waals surface area contributed by atoms with E-state index in [2.05, 4.69) is 33.0 Å². The molecule has 0 radical (unpaired) electrons. The topological polar surface area (TPSA) is 12.0 Å². The molecule has 0 bridgehead atoms. The van der Waals surface area contributed by atoms with Crippen LogP contribution in [0.3, 0.4) is 0 Å². The average molecular weight is 195 g/mol. The van der Waals surface area contributed by atoms with Crippen molar-refractivity contribution >= 4 is 0 Å². The Balaban J connectivity index is 1.86. The van der Waals surface area contributed by atoms with Crippen LogP contribution in [0.25, 0.3) is 0 Å². The van der Waals surface area contributed by atoms with Crippen molar-refractivity contribution < 1.29 is 0 Å². The van der Waals surface area contributed by atoms with Gasteiger partial charge in [-0.05, 0) is 42.9 Å². The van der Waals surface area contributed by atoms with Crippen LogP contribution in [0.2, 0.25) is 0 Å². The lowest BCUT2D eigenvalue weighted by Gasteiger charge is -2.39. The molecule has 2 rings (SSSR count). The minimum Gasteiger partial charge on any atom is -0.311 e. The summed E-state index contributed by atoms with van der Waals surface area (Å²) in [5.74, 6) is 1.85. The molecule has 0 aromatic rings. The van der Waals surface area contributed by atoms with Crippen LogP contribution in [0.4, 0.5) is 0 Å². The predicted molar refractivity (Wildman–Crippen MR) is 61.3 cm³/mol. The molecule has 0 heterocycles. The van der Waals surface area contributed by atoms with Crippen molar-refractivity contribution in [1.82, 2.24) is 5.32 Å². The van der Waals surface area contributed by atoms with E-state index in [1.54, 1.807) is 0 Å². The highest BCUT2D eigenvalue weighted by Crippen LogP contribution is 2.40. The van der Waals surface area contributed by atoms with Crippen molar-refractivity contribution in [3.8, 4) is 0 Å². The minimum absolute atomic E-state index is 0.563. The molecule has 0 spiro atoms. The average Bonchev–Trinajstić information content (AvgIpc) is 2.60. The Bertz CT molecular complexity index is 209. The fourth-order valence-corrected chi connectivity index (χ4v) is 3.33. The van der Waals surface area contributed by atoms with Crippen LogP contribution in [0.1, 0.15) is 53.4 Å². The van der Waals surface area contributed by atoms with E-state index in [1.807, 2.05) is 0 Å². The summed E-state index contributed by atoms with van der Waals surface area (Å²) in [7, 11) is 0. The molecule has 2 aliphatic carbocycles. The van der Waals surface area contributed by atoms with Gasteiger partial charge in [0.05, 0.1) is 0 Å². The first-order valence-corrected chi connectivity index (χ1v) is 6.22. The van der Waals surface area contributed by atoms with Crippen molar-refractivity contribution in [3.63, 3.8) is 0 Å². The van der Waals surface area contributed by atoms with Gasteiger partial charge < -0.3 is 5.32 Å². The maximum Gasteiger partial charge on any atom is 0.00989 e. The second-order valence-electron chi connectivity index (χ2n) is 6.60. The quantitative estimate of drug-likeness (QED) is 0.713. The number of rotatable bonds is 2. The molecule has 2 fully saturated rings. The van der Waals surface area contributed by atoms with Gasteiger partial charge in [0, 0.05) is 12.1 Å². The number of hydrogen-bond acceptors (Lipinski definition) is 1. The van der Waals surface area contributed by atoms with Gasteiger partial charge in [-0.1, -0.05) is 27.7 Å². The van der Waals surface area contributed by atoms with Crippen molar-refractivity contribution in [2.75, 3.05) is 0 Å². The lowest BCUT2D eigenvalue weighted by Crippen LogP contribution is -2.41. The van der Waals surface area contributed by atoms with Gasteiger partial charge in [-0.2, -0.15) is 0 Å². The third kappa shape index (κ3) is 2.50. The molecule has 4 unspecified atom stereocenters. The van der Waals surface area contributed by atoms with Crippen LogP contribution in [0.15, 0.2) is 0 Å². The molecule has 4 atom stereocenters. The van der Waals surface area contributed by atoms with Crippen LogP contribution >= 0.6 is 0 Å². The van der Waals surface area contributed by atoms with Crippen LogP contribution in [0, 0.1) is 17.3 Å². The molecule has 82 valence electrons. The first kappa shape index (κ1) is 10.5. The fraction of sp³-hybridized carbons (Fsp3) is 1.00. The zero-order valence-electron chi connectivity index (χ0n) is 10.1. The Kier molecular flexibility index (Phi) is 2.63. The zero-order chi connectivity index (χ0) is 10.3. The normalized spacial score (nSPS) is 46.3. The Labute approximate surface area is 88.7 Å². The lowest BCUT2D eigenvalue weighted by atomic mass is 9.70. The molecule has 2 saturated carbocycles. The Hall–Kier alpha value is -0.0400. The summed E-state index contributed by atoms with van der Waals surface area (Å²) in [6.45, 7) is 9.61. The Morgan fingerprint density at radius 1 is 1.07 bits per heavy atom. The predicted octanol–water partition coefficient (Wildman–Crippen LogP) is 3.20. The van der Waals surface area contributed by atoms with Crippen molar-refractivity contribution in [2.45, 2.75) is 65.5 Å². The SMILES string of the molecule is CC1CC(NC2CC2C)CC(C)(C)C1. The van der Waals surface area contributed by atoms with Crippen LogP contribution < -0.4 is 5.32 Å². The van der Waals surface area contributed by atoms with Gasteiger partial charge in [0.25, 0.3) is 0 Å². The minimum atomic E-state index is 0.563. The van der Waals surface area contributed by atoms with E-state index in [4.69, 9.17) is 0 Å². The smallest absolute Gasteiger partial charge is 0.00989 e. The van der Waals surface area contributed by atoms with Gasteiger partial charge in [0.1, 0.15) is 0 Å². The third-order valence-corrected chi connectivity index (χ3v) is 3.95. The molecule has 0 saturated heterocycles. The van der Waals surface area contributed by atoms with E-state index in [1.165, 1.54) is 25.7 Å². The van der Waals surface area contributed by atoms with E-state index in [0.29, 0.717) is 5.41 Å². The van der Waals surface area contributed by atoms with Gasteiger partial charge in [-0.3, -0.25) is 0 Å². The molecule has 0 aromatic heterocycles. The van der Waals surface area contributed by atoms with Crippen molar-refractivity contribution in [1.29, 1.82) is 0 Å². The molecular formula is C13H25N. The highest BCUT2D eigenvalue weighted by molar-refractivity contribution is 4.95. The summed E-state index contributed by atoms with van der Waals surface area (Å²) in [6, 6.07) is 1.64. The Morgan fingerprint density at radius 3 is 2.21 bits per heavy atom. The highest BCUT2D eigenvalue weighted by Gasteiger charge is 2.38. The molecule has 1 heteroatoms. The third-order valence-electron chi connectivity index (χ3n) is 3.95. The van der Waals surface area contributed by atoms with Gasteiger partial charge in [0.15, 0.2) is 0 Å². The summed E-state index contributed by atoms with van der Waals surface area (Å²) in [5, 5.41) is 3.83. The van der Waals surface area contributed by atoms with Gasteiger partial charge in [-0.15, -0.1) is 0 Å². The molecule has 2 aliphatic rings.